The minimum absolute atomic E-state index is 0.0449. The summed E-state index contributed by atoms with van der Waals surface area (Å²) in [5, 5.41) is 9.43. The van der Waals surface area contributed by atoms with Crippen LogP contribution in [0.4, 0.5) is 17.6 Å². The monoisotopic (exact) mass is 384 g/mol. The number of hydrogen-bond donors (Lipinski definition) is 1. The quantitative estimate of drug-likeness (QED) is 0.572. The van der Waals surface area contributed by atoms with E-state index in [4.69, 9.17) is 0 Å². The number of rotatable bonds is 7. The maximum absolute atomic E-state index is 14.4. The molecule has 27 heavy (non-hydrogen) atoms. The molecule has 0 fully saturated rings. The van der Waals surface area contributed by atoms with Crippen molar-refractivity contribution in [1.82, 2.24) is 0 Å². The molecule has 0 saturated heterocycles. The molecule has 0 amide bonds. The zero-order valence-electron chi connectivity index (χ0n) is 15.7. The Balaban J connectivity index is 2.52. The summed E-state index contributed by atoms with van der Waals surface area (Å²) >= 11 is 0. The van der Waals surface area contributed by atoms with Crippen molar-refractivity contribution in [3.05, 3.63) is 53.3 Å². The van der Waals surface area contributed by atoms with Crippen LogP contribution in [-0.4, -0.2) is 11.5 Å². The second-order valence-electron chi connectivity index (χ2n) is 7.43. The fourth-order valence-electron chi connectivity index (χ4n) is 3.34. The lowest BCUT2D eigenvalue weighted by atomic mass is 9.79. The summed E-state index contributed by atoms with van der Waals surface area (Å²) in [5.74, 6) is -1.10. The van der Waals surface area contributed by atoms with Gasteiger partial charge in [-0.15, -0.1) is 13.2 Å². The highest BCUT2D eigenvalue weighted by Gasteiger charge is 2.31. The Hall–Kier alpha value is -2.08. The molecule has 6 heteroatoms. The van der Waals surface area contributed by atoms with Crippen molar-refractivity contribution in [2.45, 2.75) is 53.0 Å². The van der Waals surface area contributed by atoms with E-state index in [2.05, 4.69) is 25.5 Å². The molecular weight excluding hydrogens is 360 g/mol. The molecule has 2 aromatic carbocycles. The predicted octanol–water partition coefficient (Wildman–Crippen LogP) is 6.25. The van der Waals surface area contributed by atoms with Gasteiger partial charge in [-0.2, -0.15) is 0 Å². The number of hydrogen-bond acceptors (Lipinski definition) is 2. The van der Waals surface area contributed by atoms with Gasteiger partial charge in [0.1, 0.15) is 11.6 Å². The van der Waals surface area contributed by atoms with Crippen LogP contribution in [0.3, 0.4) is 0 Å². The second-order valence-corrected chi connectivity index (χ2v) is 7.43. The van der Waals surface area contributed by atoms with Crippen LogP contribution in [0.15, 0.2) is 36.4 Å². The minimum Gasteiger partial charge on any atom is -0.406 e. The van der Waals surface area contributed by atoms with Crippen molar-refractivity contribution in [2.75, 3.05) is 0 Å². The van der Waals surface area contributed by atoms with Gasteiger partial charge in [0, 0.05) is 5.56 Å². The summed E-state index contributed by atoms with van der Waals surface area (Å²) in [6.45, 7) is 6.09. The molecule has 2 rings (SSSR count). The number of ether oxygens (including phenoxy) is 1. The SMILES string of the molecule is CCCC(C)(C)Cc1cc(CO)ccc1-c1cc(OC(F)(F)F)ccc1F. The van der Waals surface area contributed by atoms with Gasteiger partial charge in [-0.3, -0.25) is 0 Å². The van der Waals surface area contributed by atoms with E-state index in [-0.39, 0.29) is 17.6 Å². The van der Waals surface area contributed by atoms with Crippen LogP contribution in [0.2, 0.25) is 0 Å². The lowest BCUT2D eigenvalue weighted by Crippen LogP contribution is -2.17. The Morgan fingerprint density at radius 3 is 2.30 bits per heavy atom. The van der Waals surface area contributed by atoms with E-state index in [1.165, 1.54) is 0 Å². The van der Waals surface area contributed by atoms with Crippen LogP contribution in [0, 0.1) is 11.2 Å². The molecule has 148 valence electrons. The van der Waals surface area contributed by atoms with Gasteiger partial charge in [0.25, 0.3) is 0 Å². The molecular formula is C21H24F4O2. The third-order valence-corrected chi connectivity index (χ3v) is 4.41. The van der Waals surface area contributed by atoms with Crippen LogP contribution in [0.5, 0.6) is 5.75 Å². The number of aliphatic hydroxyl groups excluding tert-OH is 1. The molecule has 0 bridgehead atoms. The summed E-state index contributed by atoms with van der Waals surface area (Å²) in [4.78, 5) is 0. The average molecular weight is 384 g/mol. The molecule has 0 atom stereocenters. The van der Waals surface area contributed by atoms with Crippen molar-refractivity contribution in [3.8, 4) is 16.9 Å². The van der Waals surface area contributed by atoms with Crippen LogP contribution in [0.25, 0.3) is 11.1 Å². The zero-order chi connectivity index (χ0) is 20.2. The molecule has 0 aromatic heterocycles. The lowest BCUT2D eigenvalue weighted by molar-refractivity contribution is -0.274. The normalized spacial score (nSPS) is 12.3. The van der Waals surface area contributed by atoms with Crippen LogP contribution in [0.1, 0.15) is 44.7 Å². The lowest BCUT2D eigenvalue weighted by Gasteiger charge is -2.26. The highest BCUT2D eigenvalue weighted by Crippen LogP contribution is 2.36. The first-order valence-electron chi connectivity index (χ1n) is 8.83. The summed E-state index contributed by atoms with van der Waals surface area (Å²) < 4.78 is 55.9. The first kappa shape index (κ1) is 21.2. The topological polar surface area (TPSA) is 29.5 Å². The average Bonchev–Trinajstić information content (AvgIpc) is 2.55. The van der Waals surface area contributed by atoms with E-state index in [1.807, 2.05) is 0 Å². The van der Waals surface area contributed by atoms with Gasteiger partial charge in [-0.05, 0) is 53.1 Å². The van der Waals surface area contributed by atoms with Crippen molar-refractivity contribution in [1.29, 1.82) is 0 Å². The number of alkyl halides is 3. The number of aliphatic hydroxyl groups is 1. The fourth-order valence-corrected chi connectivity index (χ4v) is 3.34. The Labute approximate surface area is 156 Å². The molecule has 0 radical (unpaired) electrons. The van der Waals surface area contributed by atoms with Crippen molar-refractivity contribution >= 4 is 0 Å². The van der Waals surface area contributed by atoms with Crippen molar-refractivity contribution in [2.24, 2.45) is 5.41 Å². The van der Waals surface area contributed by atoms with Crippen LogP contribution < -0.4 is 4.74 Å². The predicted molar refractivity (Wildman–Crippen MR) is 96.8 cm³/mol. The van der Waals surface area contributed by atoms with Gasteiger partial charge in [0.2, 0.25) is 0 Å². The van der Waals surface area contributed by atoms with Gasteiger partial charge in [-0.1, -0.05) is 45.4 Å². The standard InChI is InChI=1S/C21H24F4O2/c1-4-9-20(2,3)12-15-10-14(13-26)5-7-17(15)18-11-16(6-8-19(18)22)27-21(23,24)25/h5-8,10-11,26H,4,9,12-13H2,1-3H3. The molecule has 0 unspecified atom stereocenters. The van der Waals surface area contributed by atoms with Gasteiger partial charge < -0.3 is 9.84 Å². The van der Waals surface area contributed by atoms with E-state index in [0.29, 0.717) is 17.5 Å². The first-order valence-corrected chi connectivity index (χ1v) is 8.83. The van der Waals surface area contributed by atoms with E-state index in [9.17, 15) is 22.7 Å². The molecule has 1 N–H and O–H groups in total. The zero-order valence-corrected chi connectivity index (χ0v) is 15.7. The second kappa shape index (κ2) is 8.30. The van der Waals surface area contributed by atoms with Gasteiger partial charge >= 0.3 is 6.36 Å². The molecule has 0 spiro atoms. The Morgan fingerprint density at radius 1 is 1.00 bits per heavy atom. The van der Waals surface area contributed by atoms with E-state index in [1.54, 1.807) is 18.2 Å². The fraction of sp³-hybridized carbons (Fsp3) is 0.429. The van der Waals surface area contributed by atoms with Crippen molar-refractivity contribution < 1.29 is 27.4 Å². The molecule has 0 aliphatic heterocycles. The van der Waals surface area contributed by atoms with E-state index in [0.717, 1.165) is 36.6 Å². The molecule has 0 saturated carbocycles. The van der Waals surface area contributed by atoms with Gasteiger partial charge in [-0.25, -0.2) is 4.39 Å². The smallest absolute Gasteiger partial charge is 0.406 e. The highest BCUT2D eigenvalue weighted by atomic mass is 19.4. The number of benzene rings is 2. The maximum Gasteiger partial charge on any atom is 0.573 e. The van der Waals surface area contributed by atoms with Crippen LogP contribution >= 0.6 is 0 Å². The summed E-state index contributed by atoms with van der Waals surface area (Å²) in [5.41, 5.74) is 1.92. The molecule has 0 heterocycles. The van der Waals surface area contributed by atoms with Gasteiger partial charge in [0.05, 0.1) is 6.61 Å². The van der Waals surface area contributed by atoms with E-state index < -0.39 is 17.9 Å². The third kappa shape index (κ3) is 5.96. The number of halogens is 4. The molecule has 2 aromatic rings. The molecule has 0 aliphatic carbocycles. The van der Waals surface area contributed by atoms with Crippen molar-refractivity contribution in [3.63, 3.8) is 0 Å². The molecule has 2 nitrogen and oxygen atoms in total. The Morgan fingerprint density at radius 2 is 1.70 bits per heavy atom. The molecule has 0 aliphatic rings. The first-order chi connectivity index (χ1) is 12.5. The largest absolute Gasteiger partial charge is 0.573 e. The maximum atomic E-state index is 14.4. The van der Waals surface area contributed by atoms with E-state index >= 15 is 0 Å². The third-order valence-electron chi connectivity index (χ3n) is 4.41. The minimum atomic E-state index is -4.85. The summed E-state index contributed by atoms with van der Waals surface area (Å²) in [6, 6.07) is 8.05. The summed E-state index contributed by atoms with van der Waals surface area (Å²) in [7, 11) is 0. The summed E-state index contributed by atoms with van der Waals surface area (Å²) in [6.07, 6.45) is -2.32. The highest BCUT2D eigenvalue weighted by molar-refractivity contribution is 5.70. The Bertz CT molecular complexity index is 782. The van der Waals surface area contributed by atoms with Gasteiger partial charge in [0.15, 0.2) is 0 Å². The van der Waals surface area contributed by atoms with Crippen LogP contribution in [-0.2, 0) is 13.0 Å². The Kier molecular flexibility index (Phi) is 6.52.